The van der Waals surface area contributed by atoms with Crippen molar-refractivity contribution < 1.29 is 19.4 Å². The lowest BCUT2D eigenvalue weighted by molar-refractivity contribution is -0.194. The third-order valence-corrected chi connectivity index (χ3v) is 5.57. The van der Waals surface area contributed by atoms with Crippen LogP contribution in [0.2, 0.25) is 0 Å². The summed E-state index contributed by atoms with van der Waals surface area (Å²) in [6.45, 7) is 1.03. The van der Waals surface area contributed by atoms with E-state index in [0.29, 0.717) is 30.2 Å². The monoisotopic (exact) mass is 442 g/mol. The SMILES string of the molecule is O=C(Nc1ccc(CC(=O)N2CCCC(c3ccc4c(c3)OOC4)=N2)cc1)c1cccnc1. The van der Waals surface area contributed by atoms with Crippen LogP contribution >= 0.6 is 0 Å². The van der Waals surface area contributed by atoms with Crippen molar-refractivity contribution in [2.24, 2.45) is 5.10 Å². The van der Waals surface area contributed by atoms with Gasteiger partial charge in [0.25, 0.3) is 5.91 Å². The van der Waals surface area contributed by atoms with Crippen LogP contribution in [0.1, 0.15) is 39.9 Å². The molecule has 2 amide bonds. The first kappa shape index (κ1) is 20.8. The molecule has 0 radical (unpaired) electrons. The molecule has 0 spiro atoms. The van der Waals surface area contributed by atoms with Gasteiger partial charge in [-0.2, -0.15) is 9.99 Å². The molecule has 0 atom stereocenters. The zero-order valence-electron chi connectivity index (χ0n) is 17.9. The van der Waals surface area contributed by atoms with Gasteiger partial charge in [-0.1, -0.05) is 24.3 Å². The van der Waals surface area contributed by atoms with Gasteiger partial charge in [0.1, 0.15) is 6.61 Å². The molecule has 33 heavy (non-hydrogen) atoms. The molecule has 0 saturated carbocycles. The zero-order chi connectivity index (χ0) is 22.6. The van der Waals surface area contributed by atoms with Crippen molar-refractivity contribution in [3.05, 3.63) is 89.2 Å². The number of benzene rings is 2. The Kier molecular flexibility index (Phi) is 5.82. The van der Waals surface area contributed by atoms with Gasteiger partial charge < -0.3 is 10.2 Å². The highest BCUT2D eigenvalue weighted by molar-refractivity contribution is 6.04. The largest absolute Gasteiger partial charge is 0.337 e. The Morgan fingerprint density at radius 3 is 2.79 bits per heavy atom. The number of carbonyl (C=O) groups excluding carboxylic acids is 2. The summed E-state index contributed by atoms with van der Waals surface area (Å²) in [6.07, 6.45) is 5.01. The first-order valence-electron chi connectivity index (χ1n) is 10.8. The molecule has 3 aromatic rings. The topological polar surface area (TPSA) is 93.1 Å². The molecule has 8 nitrogen and oxygen atoms in total. The first-order chi connectivity index (χ1) is 16.2. The van der Waals surface area contributed by atoms with E-state index in [1.807, 2.05) is 30.3 Å². The number of pyridine rings is 1. The van der Waals surface area contributed by atoms with Crippen molar-refractivity contribution in [3.8, 4) is 5.75 Å². The van der Waals surface area contributed by atoms with Crippen LogP contribution in [-0.2, 0) is 22.7 Å². The minimum absolute atomic E-state index is 0.0694. The Hall–Kier alpha value is -4.04. The van der Waals surface area contributed by atoms with Crippen LogP contribution in [0, 0.1) is 0 Å². The number of nitrogens with zero attached hydrogens (tertiary/aromatic N) is 3. The van der Waals surface area contributed by atoms with E-state index < -0.39 is 0 Å². The van der Waals surface area contributed by atoms with Gasteiger partial charge in [0, 0.05) is 35.8 Å². The van der Waals surface area contributed by atoms with Crippen molar-refractivity contribution >= 4 is 23.2 Å². The predicted octanol–water partition coefficient (Wildman–Crippen LogP) is 3.73. The fourth-order valence-corrected chi connectivity index (χ4v) is 3.78. The quantitative estimate of drug-likeness (QED) is 0.608. The minimum atomic E-state index is -0.231. The van der Waals surface area contributed by atoms with Crippen molar-refractivity contribution in [2.75, 3.05) is 11.9 Å². The van der Waals surface area contributed by atoms with E-state index >= 15 is 0 Å². The molecule has 0 bridgehead atoms. The minimum Gasteiger partial charge on any atom is -0.337 e. The maximum absolute atomic E-state index is 12.9. The Bertz CT molecular complexity index is 1210. The average molecular weight is 442 g/mol. The number of nitrogens with one attached hydrogen (secondary N) is 1. The van der Waals surface area contributed by atoms with Crippen LogP contribution in [0.5, 0.6) is 5.75 Å². The summed E-state index contributed by atoms with van der Waals surface area (Å²) >= 11 is 0. The first-order valence-corrected chi connectivity index (χ1v) is 10.8. The summed E-state index contributed by atoms with van der Waals surface area (Å²) in [5.41, 5.74) is 4.79. The predicted molar refractivity (Wildman–Crippen MR) is 122 cm³/mol. The molecule has 0 fully saturated rings. The van der Waals surface area contributed by atoms with Gasteiger partial charge in [-0.3, -0.25) is 14.6 Å². The number of carbonyl (C=O) groups is 2. The van der Waals surface area contributed by atoms with E-state index in [-0.39, 0.29) is 18.2 Å². The third-order valence-electron chi connectivity index (χ3n) is 5.57. The standard InChI is InChI=1S/C25H22N4O4/c30-24(13-17-5-9-21(10-6-17)27-25(31)19-3-1-11-26-15-19)29-12-2-4-22(28-29)18-7-8-20-16-32-33-23(20)14-18/h1,3,5-11,14-15H,2,4,12-13,16H2,(H,27,31). The molecule has 3 heterocycles. The van der Waals surface area contributed by atoms with E-state index in [4.69, 9.17) is 9.78 Å². The molecule has 0 aliphatic carbocycles. The highest BCUT2D eigenvalue weighted by Gasteiger charge is 2.22. The van der Waals surface area contributed by atoms with Gasteiger partial charge in [0.05, 0.1) is 17.7 Å². The fourth-order valence-electron chi connectivity index (χ4n) is 3.78. The summed E-state index contributed by atoms with van der Waals surface area (Å²) in [5, 5.41) is 8.98. The number of fused-ring (bicyclic) bond motifs is 1. The molecule has 2 aliphatic heterocycles. The molecule has 0 saturated heterocycles. The Labute approximate surface area is 190 Å². The summed E-state index contributed by atoms with van der Waals surface area (Å²) < 4.78 is 0. The molecule has 2 aliphatic rings. The van der Waals surface area contributed by atoms with Gasteiger partial charge in [0.15, 0.2) is 5.75 Å². The normalized spacial score (nSPS) is 14.8. The van der Waals surface area contributed by atoms with Crippen LogP contribution in [-0.4, -0.2) is 34.1 Å². The van der Waals surface area contributed by atoms with Crippen molar-refractivity contribution in [1.82, 2.24) is 9.99 Å². The molecule has 0 unspecified atom stereocenters. The smallest absolute Gasteiger partial charge is 0.257 e. The van der Waals surface area contributed by atoms with Crippen LogP contribution in [0.15, 0.2) is 72.1 Å². The fraction of sp³-hybridized carbons (Fsp3) is 0.200. The molecule has 1 aromatic heterocycles. The van der Waals surface area contributed by atoms with Crippen molar-refractivity contribution in [3.63, 3.8) is 0 Å². The van der Waals surface area contributed by atoms with E-state index in [0.717, 1.165) is 35.2 Å². The maximum atomic E-state index is 12.9. The molecule has 5 rings (SSSR count). The molecular weight excluding hydrogens is 420 g/mol. The van der Waals surface area contributed by atoms with E-state index in [2.05, 4.69) is 15.4 Å². The Morgan fingerprint density at radius 2 is 1.97 bits per heavy atom. The number of hydrogen-bond donors (Lipinski definition) is 1. The van der Waals surface area contributed by atoms with Crippen LogP contribution in [0.25, 0.3) is 0 Å². The van der Waals surface area contributed by atoms with Gasteiger partial charge in [-0.15, -0.1) is 0 Å². The van der Waals surface area contributed by atoms with Crippen molar-refractivity contribution in [1.29, 1.82) is 0 Å². The molecular formula is C25H22N4O4. The lowest BCUT2D eigenvalue weighted by Crippen LogP contribution is -2.33. The number of aromatic nitrogens is 1. The van der Waals surface area contributed by atoms with Gasteiger partial charge in [-0.05, 0) is 48.7 Å². The summed E-state index contributed by atoms with van der Waals surface area (Å²) in [7, 11) is 0. The third kappa shape index (κ3) is 4.75. The second kappa shape index (κ2) is 9.22. The molecule has 166 valence electrons. The Balaban J connectivity index is 1.23. The van der Waals surface area contributed by atoms with E-state index in [1.54, 1.807) is 35.5 Å². The molecule has 1 N–H and O–H groups in total. The second-order valence-corrected chi connectivity index (χ2v) is 7.90. The summed E-state index contributed by atoms with van der Waals surface area (Å²) in [6, 6.07) is 16.5. The highest BCUT2D eigenvalue weighted by atomic mass is 17.2. The van der Waals surface area contributed by atoms with Crippen LogP contribution in [0.4, 0.5) is 5.69 Å². The summed E-state index contributed by atoms with van der Waals surface area (Å²) in [5.74, 6) is 0.403. The van der Waals surface area contributed by atoms with Gasteiger partial charge in [0.2, 0.25) is 5.91 Å². The van der Waals surface area contributed by atoms with Crippen LogP contribution in [0.3, 0.4) is 0 Å². The highest BCUT2D eigenvalue weighted by Crippen LogP contribution is 2.28. The van der Waals surface area contributed by atoms with Gasteiger partial charge >= 0.3 is 0 Å². The lowest BCUT2D eigenvalue weighted by atomic mass is 10.0. The number of hydrogen-bond acceptors (Lipinski definition) is 6. The van der Waals surface area contributed by atoms with Crippen molar-refractivity contribution in [2.45, 2.75) is 25.9 Å². The van der Waals surface area contributed by atoms with Crippen LogP contribution < -0.4 is 10.2 Å². The maximum Gasteiger partial charge on any atom is 0.257 e. The number of anilines is 1. The molecule has 2 aromatic carbocycles. The number of amides is 2. The molecule has 8 heteroatoms. The average Bonchev–Trinajstić information content (AvgIpc) is 3.34. The number of rotatable bonds is 5. The lowest BCUT2D eigenvalue weighted by Gasteiger charge is -2.24. The van der Waals surface area contributed by atoms with E-state index in [9.17, 15) is 9.59 Å². The summed E-state index contributed by atoms with van der Waals surface area (Å²) in [4.78, 5) is 39.3. The van der Waals surface area contributed by atoms with E-state index in [1.165, 1.54) is 6.20 Å². The second-order valence-electron chi connectivity index (χ2n) is 7.90. The Morgan fingerprint density at radius 1 is 1.09 bits per heavy atom. The number of hydrazone groups is 1. The zero-order valence-corrected chi connectivity index (χ0v) is 17.9. The van der Waals surface area contributed by atoms with Gasteiger partial charge in [-0.25, -0.2) is 5.01 Å².